The number of nitrogens with zero attached hydrogens (tertiary/aromatic N) is 1. The Bertz CT molecular complexity index is 931. The Morgan fingerprint density at radius 2 is 1.66 bits per heavy atom. The van der Waals surface area contributed by atoms with Crippen LogP contribution in [-0.2, 0) is 11.3 Å². The maximum atomic E-state index is 12.1. The van der Waals surface area contributed by atoms with E-state index in [-0.39, 0.29) is 5.91 Å². The number of carbonyl (C=O) groups is 1. The molecule has 7 heteroatoms. The zero-order valence-corrected chi connectivity index (χ0v) is 22.9. The van der Waals surface area contributed by atoms with Crippen molar-refractivity contribution in [3.63, 3.8) is 0 Å². The van der Waals surface area contributed by atoms with Crippen LogP contribution in [0.2, 0.25) is 0 Å². The van der Waals surface area contributed by atoms with E-state index in [4.69, 9.17) is 14.2 Å². The molecule has 0 atom stereocenters. The van der Waals surface area contributed by atoms with Gasteiger partial charge in [-0.1, -0.05) is 26.8 Å². The first-order valence-corrected chi connectivity index (χ1v) is 13.2. The van der Waals surface area contributed by atoms with E-state index >= 15 is 0 Å². The second-order valence-electron chi connectivity index (χ2n) is 8.61. The average molecular weight is 502 g/mol. The molecule has 1 N–H and O–H groups in total. The number of aryl methyl sites for hydroxylation is 1. The highest BCUT2D eigenvalue weighted by atomic mass is 32.2. The molecule has 35 heavy (non-hydrogen) atoms. The number of carbonyl (C=O) groups excluding carboxylic acids is 1. The molecule has 0 saturated heterocycles. The van der Waals surface area contributed by atoms with E-state index in [1.807, 2.05) is 48.4 Å². The molecule has 0 aliphatic carbocycles. The number of thioether (sulfide) groups is 1. The lowest BCUT2D eigenvalue weighted by molar-refractivity contribution is -0.697. The maximum absolute atomic E-state index is 12.1. The zero-order valence-electron chi connectivity index (χ0n) is 22.1. The van der Waals surface area contributed by atoms with Crippen LogP contribution in [0, 0.1) is 0 Å². The van der Waals surface area contributed by atoms with Gasteiger partial charge in [0.05, 0.1) is 26.9 Å². The minimum Gasteiger partial charge on any atom is -0.496 e. The quantitative estimate of drug-likeness (QED) is 0.262. The molecule has 0 fully saturated rings. The van der Waals surface area contributed by atoms with Crippen molar-refractivity contribution >= 4 is 29.8 Å². The lowest BCUT2D eigenvalue weighted by Crippen LogP contribution is -2.34. The van der Waals surface area contributed by atoms with E-state index in [1.54, 1.807) is 21.3 Å². The van der Waals surface area contributed by atoms with Crippen LogP contribution in [0.3, 0.4) is 0 Å². The van der Waals surface area contributed by atoms with E-state index in [2.05, 4.69) is 42.8 Å². The highest BCUT2D eigenvalue weighted by molar-refractivity contribution is 8.00. The summed E-state index contributed by atoms with van der Waals surface area (Å²) in [5, 5.41) is 3.05. The molecular formula is C28H41N2O4S+. The van der Waals surface area contributed by atoms with Crippen LogP contribution < -0.4 is 24.1 Å². The molecule has 2 aromatic rings. The fourth-order valence-electron chi connectivity index (χ4n) is 3.56. The van der Waals surface area contributed by atoms with Crippen LogP contribution in [0.15, 0.2) is 36.7 Å². The second-order valence-corrected chi connectivity index (χ2v) is 10.3. The van der Waals surface area contributed by atoms with Crippen molar-refractivity contribution in [1.82, 2.24) is 5.32 Å². The van der Waals surface area contributed by atoms with Gasteiger partial charge in [-0.2, -0.15) is 11.8 Å². The molecule has 1 aromatic heterocycles. The van der Waals surface area contributed by atoms with Crippen LogP contribution >= 0.6 is 11.8 Å². The van der Waals surface area contributed by atoms with E-state index in [1.165, 1.54) is 0 Å². The molecular weight excluding hydrogens is 460 g/mol. The fraction of sp³-hybridized carbons (Fsp3) is 0.500. The second kappa shape index (κ2) is 14.7. The molecule has 0 saturated carbocycles. The molecule has 0 radical (unpaired) electrons. The lowest BCUT2D eigenvalue weighted by atomic mass is 10.1. The molecule has 0 aliphatic heterocycles. The Hall–Kier alpha value is -2.67. The number of amides is 1. The molecule has 0 bridgehead atoms. The summed E-state index contributed by atoms with van der Waals surface area (Å²) in [7, 11) is 4.88. The summed E-state index contributed by atoms with van der Waals surface area (Å²) in [6.07, 6.45) is 11.7. The monoisotopic (exact) mass is 501 g/mol. The van der Waals surface area contributed by atoms with Crippen LogP contribution in [0.5, 0.6) is 17.2 Å². The van der Waals surface area contributed by atoms with E-state index in [0.29, 0.717) is 28.4 Å². The van der Waals surface area contributed by atoms with Gasteiger partial charge in [0.15, 0.2) is 12.4 Å². The number of ether oxygens (including phenoxy) is 3. The number of rotatable bonds is 15. The Balaban J connectivity index is 1.82. The maximum Gasteiger partial charge on any atom is 0.220 e. The van der Waals surface area contributed by atoms with Gasteiger partial charge in [0.1, 0.15) is 23.8 Å². The zero-order chi connectivity index (χ0) is 25.7. The van der Waals surface area contributed by atoms with Crippen molar-refractivity contribution in [2.45, 2.75) is 57.7 Å². The van der Waals surface area contributed by atoms with Crippen LogP contribution in [0.25, 0.3) is 12.2 Å². The third-order valence-electron chi connectivity index (χ3n) is 6.30. The molecule has 1 heterocycles. The van der Waals surface area contributed by atoms with Gasteiger partial charge in [-0.25, -0.2) is 4.57 Å². The summed E-state index contributed by atoms with van der Waals surface area (Å²) in [4.78, 5) is 12.1. The van der Waals surface area contributed by atoms with Gasteiger partial charge >= 0.3 is 0 Å². The van der Waals surface area contributed by atoms with Crippen molar-refractivity contribution in [2.75, 3.05) is 33.6 Å². The highest BCUT2D eigenvalue weighted by Crippen LogP contribution is 2.35. The number of benzene rings is 1. The molecule has 1 aromatic carbocycles. The van der Waals surface area contributed by atoms with E-state index in [0.717, 1.165) is 49.2 Å². The molecule has 1 amide bonds. The standard InChI is InChI=1S/C28H40N2O4S/c1-7-28(3,8-2)35-19-15-29-27(31)10-9-16-30-17-13-22(14-18-30)11-12-24-25(33-5)20-23(32-4)21-26(24)34-6/h11-14,17-18,20-21H,7-10,15-16,19H2,1-6H3/p+1. The van der Waals surface area contributed by atoms with Gasteiger partial charge in [0.25, 0.3) is 0 Å². The van der Waals surface area contributed by atoms with Gasteiger partial charge in [0.2, 0.25) is 5.91 Å². The van der Waals surface area contributed by atoms with Crippen LogP contribution in [0.4, 0.5) is 0 Å². The summed E-state index contributed by atoms with van der Waals surface area (Å²) >= 11 is 1.95. The number of hydrogen-bond donors (Lipinski definition) is 1. The summed E-state index contributed by atoms with van der Waals surface area (Å²) in [5.74, 6) is 3.14. The van der Waals surface area contributed by atoms with Crippen LogP contribution in [0.1, 0.15) is 57.6 Å². The minimum absolute atomic E-state index is 0.128. The topological polar surface area (TPSA) is 60.7 Å². The lowest BCUT2D eigenvalue weighted by Gasteiger charge is -2.25. The van der Waals surface area contributed by atoms with Gasteiger partial charge in [0, 0.05) is 54.2 Å². The molecule has 6 nitrogen and oxygen atoms in total. The number of aromatic nitrogens is 1. The largest absolute Gasteiger partial charge is 0.496 e. The Morgan fingerprint density at radius 3 is 2.20 bits per heavy atom. The van der Waals surface area contributed by atoms with Gasteiger partial charge in [-0.3, -0.25) is 4.79 Å². The molecule has 0 spiro atoms. The molecule has 192 valence electrons. The Labute approximate surface area is 215 Å². The highest BCUT2D eigenvalue weighted by Gasteiger charge is 2.19. The van der Waals surface area contributed by atoms with Gasteiger partial charge in [-0.05, 0) is 24.5 Å². The smallest absolute Gasteiger partial charge is 0.220 e. The summed E-state index contributed by atoms with van der Waals surface area (Å²) < 4.78 is 18.7. The van der Waals surface area contributed by atoms with Crippen molar-refractivity contribution in [1.29, 1.82) is 0 Å². The number of nitrogens with one attached hydrogen (secondary N) is 1. The summed E-state index contributed by atoms with van der Waals surface area (Å²) in [5.41, 5.74) is 1.91. The van der Waals surface area contributed by atoms with Crippen molar-refractivity contribution in [3.8, 4) is 17.2 Å². The number of pyridine rings is 1. The first-order valence-electron chi connectivity index (χ1n) is 12.3. The Morgan fingerprint density at radius 1 is 1.03 bits per heavy atom. The predicted molar refractivity (Wildman–Crippen MR) is 145 cm³/mol. The fourth-order valence-corrected chi connectivity index (χ4v) is 4.66. The average Bonchev–Trinajstić information content (AvgIpc) is 2.89. The number of hydrogen-bond acceptors (Lipinski definition) is 5. The minimum atomic E-state index is 0.128. The third kappa shape index (κ3) is 9.13. The van der Waals surface area contributed by atoms with Crippen molar-refractivity contribution in [3.05, 3.63) is 47.8 Å². The number of methoxy groups -OCH3 is 3. The molecule has 0 unspecified atom stereocenters. The first kappa shape index (κ1) is 28.6. The normalized spacial score (nSPS) is 11.5. The first-order chi connectivity index (χ1) is 16.9. The van der Waals surface area contributed by atoms with Crippen molar-refractivity contribution < 1.29 is 23.6 Å². The van der Waals surface area contributed by atoms with E-state index in [9.17, 15) is 4.79 Å². The van der Waals surface area contributed by atoms with Gasteiger partial charge in [-0.15, -0.1) is 0 Å². The molecule has 0 aliphatic rings. The predicted octanol–water partition coefficient (Wildman–Crippen LogP) is 5.38. The van der Waals surface area contributed by atoms with Crippen molar-refractivity contribution in [2.24, 2.45) is 0 Å². The van der Waals surface area contributed by atoms with E-state index < -0.39 is 0 Å². The van der Waals surface area contributed by atoms with Gasteiger partial charge < -0.3 is 19.5 Å². The third-order valence-corrected chi connectivity index (χ3v) is 7.99. The Kier molecular flexibility index (Phi) is 12.0. The summed E-state index contributed by atoms with van der Waals surface area (Å²) in [6.45, 7) is 8.28. The van der Waals surface area contributed by atoms with Crippen LogP contribution in [-0.4, -0.2) is 44.3 Å². The SMILES string of the molecule is CCC(C)(CC)SCCNC(=O)CCC[n+]1ccc(C=Cc2c(OC)cc(OC)cc2OC)cc1. The molecule has 2 rings (SSSR count). The summed E-state index contributed by atoms with van der Waals surface area (Å²) in [6, 6.07) is 7.77.